The molecule has 17 heavy (non-hydrogen) atoms. The second-order valence-corrected chi connectivity index (χ2v) is 4.77. The van der Waals surface area contributed by atoms with Gasteiger partial charge in [0.15, 0.2) is 0 Å². The molecule has 1 aliphatic rings. The zero-order valence-corrected chi connectivity index (χ0v) is 10.1. The van der Waals surface area contributed by atoms with Gasteiger partial charge in [-0.2, -0.15) is 0 Å². The Morgan fingerprint density at radius 2 is 2.18 bits per heavy atom. The summed E-state index contributed by atoms with van der Waals surface area (Å²) in [5, 5.41) is 10.7. The van der Waals surface area contributed by atoms with Crippen molar-refractivity contribution in [2.45, 2.75) is 26.3 Å². The smallest absolute Gasteiger partial charge is 0.270 e. The van der Waals surface area contributed by atoms with Crippen LogP contribution in [0.4, 0.5) is 5.69 Å². The van der Waals surface area contributed by atoms with Gasteiger partial charge in [-0.25, -0.2) is 4.99 Å². The number of rotatable bonds is 2. The van der Waals surface area contributed by atoms with Crippen molar-refractivity contribution in [3.63, 3.8) is 0 Å². The molecule has 0 amide bonds. The second-order valence-electron chi connectivity index (χ2n) is 4.77. The molecular formula is C12H14N2O3. The molecule has 0 aromatic heterocycles. The van der Waals surface area contributed by atoms with E-state index in [9.17, 15) is 10.1 Å². The predicted molar refractivity (Wildman–Crippen MR) is 64.4 cm³/mol. The molecule has 1 heterocycles. The molecule has 0 fully saturated rings. The molecule has 2 rings (SSSR count). The van der Waals surface area contributed by atoms with E-state index < -0.39 is 4.92 Å². The molecular weight excluding hydrogens is 220 g/mol. The first-order chi connectivity index (χ1) is 7.89. The van der Waals surface area contributed by atoms with Crippen molar-refractivity contribution in [2.75, 3.05) is 6.61 Å². The van der Waals surface area contributed by atoms with Crippen LogP contribution in [0.25, 0.3) is 0 Å². The van der Waals surface area contributed by atoms with Crippen molar-refractivity contribution < 1.29 is 9.66 Å². The van der Waals surface area contributed by atoms with Crippen LogP contribution in [0, 0.1) is 17.0 Å². The quantitative estimate of drug-likeness (QED) is 0.583. The number of hydrogen-bond donors (Lipinski definition) is 0. The highest BCUT2D eigenvalue weighted by Gasteiger charge is 2.28. The van der Waals surface area contributed by atoms with Crippen molar-refractivity contribution in [1.29, 1.82) is 0 Å². The van der Waals surface area contributed by atoms with Crippen LogP contribution < -0.4 is 0 Å². The number of ether oxygens (including phenoxy) is 1. The summed E-state index contributed by atoms with van der Waals surface area (Å²) in [5.41, 5.74) is 1.42. The first kappa shape index (κ1) is 11.6. The molecule has 0 N–H and O–H groups in total. The number of benzene rings is 1. The summed E-state index contributed by atoms with van der Waals surface area (Å²) in [6.07, 6.45) is 0. The van der Waals surface area contributed by atoms with Gasteiger partial charge >= 0.3 is 0 Å². The fraction of sp³-hybridized carbons (Fsp3) is 0.417. The Balaban J connectivity index is 2.45. The Morgan fingerprint density at radius 3 is 2.71 bits per heavy atom. The van der Waals surface area contributed by atoms with E-state index in [0.717, 1.165) is 5.56 Å². The molecule has 5 heteroatoms. The number of aryl methyl sites for hydroxylation is 1. The summed E-state index contributed by atoms with van der Waals surface area (Å²) in [7, 11) is 0. The summed E-state index contributed by atoms with van der Waals surface area (Å²) < 4.78 is 5.50. The van der Waals surface area contributed by atoms with Crippen molar-refractivity contribution >= 4 is 11.6 Å². The predicted octanol–water partition coefficient (Wildman–Crippen LogP) is 2.46. The molecule has 1 aromatic carbocycles. The molecule has 1 aliphatic heterocycles. The zero-order valence-electron chi connectivity index (χ0n) is 10.1. The number of nitro benzene ring substituents is 1. The molecule has 0 radical (unpaired) electrons. The van der Waals surface area contributed by atoms with Gasteiger partial charge in [-0.3, -0.25) is 10.1 Å². The van der Waals surface area contributed by atoms with Crippen LogP contribution >= 0.6 is 0 Å². The first-order valence-electron chi connectivity index (χ1n) is 5.37. The van der Waals surface area contributed by atoms with Gasteiger partial charge in [-0.05, 0) is 26.3 Å². The van der Waals surface area contributed by atoms with E-state index in [1.807, 2.05) is 20.8 Å². The lowest BCUT2D eigenvalue weighted by molar-refractivity contribution is -0.384. The van der Waals surface area contributed by atoms with E-state index in [2.05, 4.69) is 4.99 Å². The van der Waals surface area contributed by atoms with Crippen molar-refractivity contribution in [2.24, 2.45) is 4.99 Å². The van der Waals surface area contributed by atoms with Crippen LogP contribution in [0.2, 0.25) is 0 Å². The van der Waals surface area contributed by atoms with Gasteiger partial charge in [0.2, 0.25) is 5.90 Å². The first-order valence-corrected chi connectivity index (χ1v) is 5.37. The Kier molecular flexibility index (Phi) is 2.61. The maximum atomic E-state index is 10.7. The molecule has 5 nitrogen and oxygen atoms in total. The number of nitrogens with zero attached hydrogens (tertiary/aromatic N) is 2. The molecule has 0 spiro atoms. The third kappa shape index (κ3) is 2.27. The van der Waals surface area contributed by atoms with E-state index in [1.165, 1.54) is 12.1 Å². The lowest BCUT2D eigenvalue weighted by atomic mass is 10.1. The van der Waals surface area contributed by atoms with E-state index in [4.69, 9.17) is 4.74 Å². The minimum absolute atomic E-state index is 0.0570. The fourth-order valence-corrected chi connectivity index (χ4v) is 1.68. The van der Waals surface area contributed by atoms with E-state index in [1.54, 1.807) is 6.07 Å². The van der Waals surface area contributed by atoms with Gasteiger partial charge in [-0.1, -0.05) is 6.07 Å². The van der Waals surface area contributed by atoms with Crippen molar-refractivity contribution in [1.82, 2.24) is 0 Å². The summed E-state index contributed by atoms with van der Waals surface area (Å²) in [4.78, 5) is 14.7. The maximum Gasteiger partial charge on any atom is 0.270 e. The Labute approximate surface area is 99.3 Å². The lowest BCUT2D eigenvalue weighted by Crippen LogP contribution is -2.17. The maximum absolute atomic E-state index is 10.7. The minimum Gasteiger partial charge on any atom is -0.475 e. The number of nitro groups is 1. The van der Waals surface area contributed by atoms with Gasteiger partial charge < -0.3 is 4.74 Å². The fourth-order valence-electron chi connectivity index (χ4n) is 1.68. The zero-order chi connectivity index (χ0) is 12.6. The normalized spacial score (nSPS) is 17.5. The van der Waals surface area contributed by atoms with Crippen molar-refractivity contribution in [3.05, 3.63) is 39.4 Å². The molecule has 0 atom stereocenters. The third-order valence-electron chi connectivity index (χ3n) is 2.63. The summed E-state index contributed by atoms with van der Waals surface area (Å²) >= 11 is 0. The van der Waals surface area contributed by atoms with E-state index in [0.29, 0.717) is 18.1 Å². The average molecular weight is 234 g/mol. The minimum atomic E-state index is -0.413. The van der Waals surface area contributed by atoms with Gasteiger partial charge in [0.1, 0.15) is 6.61 Å². The van der Waals surface area contributed by atoms with Crippen LogP contribution in [-0.2, 0) is 4.74 Å². The molecule has 90 valence electrons. The molecule has 0 aliphatic carbocycles. The van der Waals surface area contributed by atoms with Gasteiger partial charge in [0.25, 0.3) is 5.69 Å². The second kappa shape index (κ2) is 3.84. The monoisotopic (exact) mass is 234 g/mol. The van der Waals surface area contributed by atoms with E-state index >= 15 is 0 Å². The van der Waals surface area contributed by atoms with Crippen LogP contribution in [0.15, 0.2) is 23.2 Å². The molecule has 0 saturated carbocycles. The highest BCUT2D eigenvalue weighted by molar-refractivity contribution is 5.97. The molecule has 0 saturated heterocycles. The SMILES string of the molecule is Cc1ccc([N+](=O)[O-])cc1C1=NC(C)(C)CO1. The standard InChI is InChI=1S/C12H14N2O3/c1-8-4-5-9(14(15)16)6-10(8)11-13-12(2,3)7-17-11/h4-6H,7H2,1-3H3. The van der Waals surface area contributed by atoms with Crippen LogP contribution in [-0.4, -0.2) is 23.0 Å². The largest absolute Gasteiger partial charge is 0.475 e. The third-order valence-corrected chi connectivity index (χ3v) is 2.63. The van der Waals surface area contributed by atoms with Crippen LogP contribution in [0.3, 0.4) is 0 Å². The topological polar surface area (TPSA) is 64.7 Å². The van der Waals surface area contributed by atoms with Gasteiger partial charge in [0, 0.05) is 17.7 Å². The van der Waals surface area contributed by atoms with Gasteiger partial charge in [0.05, 0.1) is 10.5 Å². The summed E-state index contributed by atoms with van der Waals surface area (Å²) in [6.45, 7) is 6.32. The van der Waals surface area contributed by atoms with Crippen LogP contribution in [0.1, 0.15) is 25.0 Å². The highest BCUT2D eigenvalue weighted by Crippen LogP contribution is 2.24. The van der Waals surface area contributed by atoms with Crippen LogP contribution in [0.5, 0.6) is 0 Å². The summed E-state index contributed by atoms with van der Waals surface area (Å²) in [6, 6.07) is 4.71. The Hall–Kier alpha value is -1.91. The van der Waals surface area contributed by atoms with Crippen molar-refractivity contribution in [3.8, 4) is 0 Å². The number of non-ortho nitro benzene ring substituents is 1. The Morgan fingerprint density at radius 1 is 1.47 bits per heavy atom. The Bertz CT molecular complexity index is 506. The number of aliphatic imine (C=N–C) groups is 1. The summed E-state index contributed by atoms with van der Waals surface area (Å²) in [5.74, 6) is 0.496. The molecule has 0 bridgehead atoms. The average Bonchev–Trinajstić information content (AvgIpc) is 2.59. The molecule has 0 unspecified atom stereocenters. The highest BCUT2D eigenvalue weighted by atomic mass is 16.6. The van der Waals surface area contributed by atoms with E-state index in [-0.39, 0.29) is 11.2 Å². The number of hydrogen-bond acceptors (Lipinski definition) is 4. The lowest BCUT2D eigenvalue weighted by Gasteiger charge is -2.07. The van der Waals surface area contributed by atoms with Gasteiger partial charge in [-0.15, -0.1) is 0 Å². The molecule has 1 aromatic rings.